The molecule has 10 rings (SSSR count). The highest BCUT2D eigenvalue weighted by Crippen LogP contribution is 2.32. The number of halogens is 4. The maximum Gasteiger partial charge on any atom is 0.129 e. The number of hydrogen-bond acceptors (Lipinski definition) is 8. The molecule has 0 saturated carbocycles. The molecule has 0 spiro atoms. The average Bonchev–Trinajstić information content (AvgIpc) is 1.08. The molecular formula is C110H173F4N5O2S. The van der Waals surface area contributed by atoms with Gasteiger partial charge in [-0.25, -0.2) is 22.5 Å². The topological polar surface area (TPSA) is 105 Å². The smallest absolute Gasteiger partial charge is 0.129 e. The molecule has 5 aromatic carbocycles. The van der Waals surface area contributed by atoms with Gasteiger partial charge in [0.25, 0.3) is 0 Å². The first-order chi connectivity index (χ1) is 53.3. The van der Waals surface area contributed by atoms with Crippen LogP contribution in [0.5, 0.6) is 0 Å². The Balaban J connectivity index is -0.000000414. The Bertz CT molecular complexity index is 4260. The van der Waals surface area contributed by atoms with Crippen molar-refractivity contribution in [2.75, 3.05) is 0 Å². The average molecular weight is 1710 g/mol. The number of aromatic nitrogens is 5. The van der Waals surface area contributed by atoms with Crippen molar-refractivity contribution in [3.8, 4) is 0 Å². The summed E-state index contributed by atoms with van der Waals surface area (Å²) in [6.45, 7) is 81.3. The fraction of sp³-hybridized carbons (Fsp3) is 0.518. The first-order valence-corrected chi connectivity index (χ1v) is 42.1. The lowest BCUT2D eigenvalue weighted by atomic mass is 9.85. The minimum atomic E-state index is -0.734. The van der Waals surface area contributed by atoms with Crippen LogP contribution in [0, 0.1) is 86.7 Å². The SMILES string of the molecule is C.C.C.C.C.Cc1cc(C(C)(C)C)cc(F)c1CF.Cc1cc(C(C)(C)C)cc(F)c1CO.Cc1cc(C(C)(C)C)ccc1CO.Cc1cc(C(C)(C)C)ccn1.Cc1cc(F)cc(C(C)(C)C)c1.Cc1cccc(C(C)(C)C)n1.Cc1cccc(C(C)C)c1.Cc1ccnc(C(C)(C)C)c1.Cc1cncc(C(C)(C)C)c1.Cc1csc(C(C)(C)C)n1. The first-order valence-electron chi connectivity index (χ1n) is 41.2. The molecule has 2 N–H and O–H groups in total. The molecule has 0 bridgehead atoms. The Morgan fingerprint density at radius 1 is 0.344 bits per heavy atom. The van der Waals surface area contributed by atoms with Gasteiger partial charge in [0.05, 0.1) is 18.2 Å². The van der Waals surface area contributed by atoms with Crippen LogP contribution in [-0.4, -0.2) is 35.1 Å². The van der Waals surface area contributed by atoms with Crippen molar-refractivity contribution in [2.24, 2.45) is 0 Å². The molecule has 7 nitrogen and oxygen atoms in total. The molecular weight excluding hydrogens is 1530 g/mol. The summed E-state index contributed by atoms with van der Waals surface area (Å²) in [4.78, 5) is 21.5. The van der Waals surface area contributed by atoms with E-state index >= 15 is 0 Å². The highest BCUT2D eigenvalue weighted by Gasteiger charge is 2.23. The lowest BCUT2D eigenvalue weighted by Gasteiger charge is -2.20. The van der Waals surface area contributed by atoms with Crippen molar-refractivity contribution in [1.29, 1.82) is 0 Å². The number of pyridine rings is 4. The van der Waals surface area contributed by atoms with Crippen LogP contribution in [0.2, 0.25) is 0 Å². The molecule has 12 heteroatoms. The van der Waals surface area contributed by atoms with E-state index in [9.17, 15) is 17.6 Å². The Hall–Kier alpha value is -8.03. The van der Waals surface area contributed by atoms with Crippen LogP contribution in [0.3, 0.4) is 0 Å². The first kappa shape index (κ1) is 122. The third kappa shape index (κ3) is 46.6. The molecule has 0 amide bonds. The van der Waals surface area contributed by atoms with Gasteiger partial charge >= 0.3 is 0 Å². The molecule has 0 aliphatic rings. The van der Waals surface area contributed by atoms with Gasteiger partial charge in [0, 0.05) is 86.0 Å². The molecule has 10 aromatic rings. The Morgan fingerprint density at radius 2 is 0.787 bits per heavy atom. The van der Waals surface area contributed by atoms with Gasteiger partial charge in [-0.3, -0.25) is 19.9 Å². The number of alkyl halides is 1. The maximum atomic E-state index is 13.5. The van der Waals surface area contributed by atoms with Gasteiger partial charge in [0.1, 0.15) is 24.1 Å². The van der Waals surface area contributed by atoms with Gasteiger partial charge in [0.15, 0.2) is 0 Å². The summed E-state index contributed by atoms with van der Waals surface area (Å²) < 4.78 is 52.3. The Labute approximate surface area is 750 Å². The molecule has 0 radical (unpaired) electrons. The number of thiazole rings is 1. The summed E-state index contributed by atoms with van der Waals surface area (Å²) in [6.07, 6.45) is 7.56. The zero-order valence-corrected chi connectivity index (χ0v) is 80.7. The number of rotatable bonds is 4. The van der Waals surface area contributed by atoms with Gasteiger partial charge in [-0.2, -0.15) is 0 Å². The summed E-state index contributed by atoms with van der Waals surface area (Å²) in [5, 5.41) is 21.3. The van der Waals surface area contributed by atoms with Crippen LogP contribution in [0.25, 0.3) is 0 Å². The number of hydrogen-bond donors (Lipinski definition) is 2. The summed E-state index contributed by atoms with van der Waals surface area (Å²) in [6, 6.07) is 43.6. The van der Waals surface area contributed by atoms with Crippen LogP contribution in [0.4, 0.5) is 17.6 Å². The van der Waals surface area contributed by atoms with Crippen LogP contribution in [-0.2, 0) is 68.6 Å². The molecule has 5 heterocycles. The summed E-state index contributed by atoms with van der Waals surface area (Å²) in [5.74, 6) is -0.227. The number of aliphatic hydroxyl groups is 2. The van der Waals surface area contributed by atoms with Crippen LogP contribution in [0.1, 0.15) is 372 Å². The predicted octanol–water partition coefficient (Wildman–Crippen LogP) is 32.8. The van der Waals surface area contributed by atoms with Crippen LogP contribution >= 0.6 is 11.3 Å². The molecule has 0 aliphatic carbocycles. The van der Waals surface area contributed by atoms with Gasteiger partial charge in [-0.1, -0.05) is 316 Å². The fourth-order valence-corrected chi connectivity index (χ4v) is 11.8. The number of aliphatic hydroxyl groups excluding tert-OH is 2. The van der Waals surface area contributed by atoms with Crippen molar-refractivity contribution in [1.82, 2.24) is 24.9 Å². The Kier molecular flexibility index (Phi) is 53.5. The van der Waals surface area contributed by atoms with E-state index in [0.29, 0.717) is 17.0 Å². The van der Waals surface area contributed by atoms with Gasteiger partial charge in [-0.05, 0) is 246 Å². The molecule has 0 aliphatic heterocycles. The highest BCUT2D eigenvalue weighted by molar-refractivity contribution is 7.09. The molecule has 0 fully saturated rings. The second-order valence-electron chi connectivity index (χ2n) is 40.5. The van der Waals surface area contributed by atoms with Gasteiger partial charge < -0.3 is 10.2 Å². The molecule has 684 valence electrons. The minimum Gasteiger partial charge on any atom is -0.392 e. The zero-order chi connectivity index (χ0) is 90.5. The molecule has 122 heavy (non-hydrogen) atoms. The van der Waals surface area contributed by atoms with Crippen LogP contribution < -0.4 is 0 Å². The zero-order valence-electron chi connectivity index (χ0n) is 79.8. The maximum absolute atomic E-state index is 13.5. The second kappa shape index (κ2) is 53.3. The van der Waals surface area contributed by atoms with Gasteiger partial charge in [-0.15, -0.1) is 11.3 Å². The molecule has 5 aromatic heterocycles. The Morgan fingerprint density at radius 3 is 1.11 bits per heavy atom. The lowest BCUT2D eigenvalue weighted by Crippen LogP contribution is -2.13. The van der Waals surface area contributed by atoms with E-state index in [0.717, 1.165) is 61.9 Å². The number of nitrogens with zero attached hydrogens (tertiary/aromatic N) is 5. The van der Waals surface area contributed by atoms with Crippen molar-refractivity contribution >= 4 is 11.3 Å². The molecule has 0 saturated heterocycles. The van der Waals surface area contributed by atoms with E-state index in [4.69, 9.17) is 10.2 Å². The van der Waals surface area contributed by atoms with Crippen molar-refractivity contribution in [3.63, 3.8) is 0 Å². The predicted molar refractivity (Wildman–Crippen MR) is 531 cm³/mol. The van der Waals surface area contributed by atoms with E-state index in [1.165, 1.54) is 61.6 Å². The van der Waals surface area contributed by atoms with E-state index in [1.54, 1.807) is 30.4 Å². The number of benzene rings is 5. The van der Waals surface area contributed by atoms with Crippen molar-refractivity contribution in [2.45, 2.75) is 382 Å². The number of aryl methyl sites for hydroxylation is 10. The van der Waals surface area contributed by atoms with E-state index in [-0.39, 0.29) is 116 Å². The summed E-state index contributed by atoms with van der Waals surface area (Å²) >= 11 is 1.75. The summed E-state index contributed by atoms with van der Waals surface area (Å²) in [7, 11) is 0. The minimum absolute atomic E-state index is 0. The summed E-state index contributed by atoms with van der Waals surface area (Å²) in [5.41, 5.74) is 24.2. The third-order valence-electron chi connectivity index (χ3n) is 19.0. The van der Waals surface area contributed by atoms with Gasteiger partial charge in [0.2, 0.25) is 0 Å². The lowest BCUT2D eigenvalue weighted by molar-refractivity contribution is 0.274. The monoisotopic (exact) mass is 1700 g/mol. The third-order valence-corrected chi connectivity index (χ3v) is 20.3. The fourth-order valence-electron chi connectivity index (χ4n) is 10.9. The second-order valence-corrected chi connectivity index (χ2v) is 41.4. The van der Waals surface area contributed by atoms with Crippen LogP contribution in [0.15, 0.2) is 164 Å². The van der Waals surface area contributed by atoms with Crippen molar-refractivity contribution in [3.05, 3.63) is 309 Å². The van der Waals surface area contributed by atoms with Crippen molar-refractivity contribution < 1.29 is 27.8 Å². The van der Waals surface area contributed by atoms with E-state index < -0.39 is 12.5 Å². The normalized spacial score (nSPS) is 11.2. The highest BCUT2D eigenvalue weighted by atomic mass is 32.1. The van der Waals surface area contributed by atoms with E-state index in [2.05, 4.69) is 283 Å². The quantitative estimate of drug-likeness (QED) is 0.169. The molecule has 0 atom stereocenters. The van der Waals surface area contributed by atoms with E-state index in [1.807, 2.05) is 144 Å². The largest absolute Gasteiger partial charge is 0.392 e. The standard InChI is InChI=1S/C12H16F2.C12H17FO.C12H18O.C11H15F.4C10H15N.C10H14.C8H13NS.5CH4/c1-8-5-9(12(2,3)4)6-11(14)10(8)7-13;1-8-5-9(12(2,3)4)6-11(13)10(8)7-14;1-9-7-11(12(2,3)4)6-5-10(9)8-13;1-8-5-9(11(2,3)4)7-10(12)6-8;1-8-5-9(7-11-6-8)10(2,3)4;1-8-7-9(5-6-11-8)10(2,3)4;1-8-5-6-11-9(7-8)10(2,3)4;1-8-6-5-7-9(11-8)10(2,3)4;1-8(2)10-6-4-5-9(3)7-10;1-6-5-10-7(9-6)8(2,3)4;;;;;/h5-6H,7H2,1-4H3;5-6,14H,7H2,1-4H3;5-7,13H,8H2,1-4H3;5-7H,1-4H3;4*5-7H,1-4H3;4-8H,1-3H3;5H,1-4H3;5*1H4. The molecule has 0 unspecified atom stereocenters.